The zero-order valence-electron chi connectivity index (χ0n) is 20.7. The predicted octanol–water partition coefficient (Wildman–Crippen LogP) is 4.32. The molecule has 9 heteroatoms. The monoisotopic (exact) mass is 527 g/mol. The molecule has 0 aromatic heterocycles. The molecule has 0 aliphatic rings. The molecule has 0 radical (unpaired) electrons. The third kappa shape index (κ3) is 6.44. The first-order valence-corrected chi connectivity index (χ1v) is 13.3. The van der Waals surface area contributed by atoms with Gasteiger partial charge in [0.25, 0.3) is 10.0 Å². The zero-order valence-corrected chi connectivity index (χ0v) is 22.3. The average Bonchev–Trinajstić information content (AvgIpc) is 2.85. The van der Waals surface area contributed by atoms with Crippen LogP contribution in [0.2, 0.25) is 5.02 Å². The second kappa shape index (κ2) is 11.6. The summed E-state index contributed by atoms with van der Waals surface area (Å²) < 4.78 is 28.5. The normalized spacial score (nSPS) is 12.0. The fourth-order valence-corrected chi connectivity index (χ4v) is 5.39. The number of benzene rings is 3. The van der Waals surface area contributed by atoms with Gasteiger partial charge < -0.3 is 10.2 Å². The van der Waals surface area contributed by atoms with Gasteiger partial charge in [-0.3, -0.25) is 13.9 Å². The van der Waals surface area contributed by atoms with Crippen molar-refractivity contribution in [1.29, 1.82) is 0 Å². The van der Waals surface area contributed by atoms with E-state index in [1.54, 1.807) is 37.3 Å². The third-order valence-electron chi connectivity index (χ3n) is 5.83. The number of halogens is 1. The maximum absolute atomic E-state index is 13.7. The van der Waals surface area contributed by atoms with Crippen LogP contribution in [-0.4, -0.2) is 44.8 Å². The van der Waals surface area contributed by atoms with Crippen molar-refractivity contribution in [3.05, 3.63) is 94.5 Å². The number of nitrogens with zero attached hydrogens (tertiary/aromatic N) is 2. The third-order valence-corrected chi connectivity index (χ3v) is 7.86. The molecule has 2 amide bonds. The molecular formula is C27H30ClN3O4S. The lowest BCUT2D eigenvalue weighted by atomic mass is 10.1. The predicted molar refractivity (Wildman–Crippen MR) is 142 cm³/mol. The molecule has 36 heavy (non-hydrogen) atoms. The lowest BCUT2D eigenvalue weighted by molar-refractivity contribution is -0.139. The average molecular weight is 528 g/mol. The van der Waals surface area contributed by atoms with Crippen molar-refractivity contribution in [2.75, 3.05) is 17.9 Å². The summed E-state index contributed by atoms with van der Waals surface area (Å²) in [5.74, 6) is -0.880. The van der Waals surface area contributed by atoms with Gasteiger partial charge in [0.05, 0.1) is 10.6 Å². The van der Waals surface area contributed by atoms with Crippen LogP contribution in [-0.2, 0) is 26.2 Å². The zero-order chi connectivity index (χ0) is 26.5. The van der Waals surface area contributed by atoms with Crippen LogP contribution in [0.3, 0.4) is 0 Å². The number of sulfonamides is 1. The van der Waals surface area contributed by atoms with E-state index in [0.717, 1.165) is 21.0 Å². The van der Waals surface area contributed by atoms with Crippen LogP contribution < -0.4 is 9.62 Å². The Bertz CT molecular complexity index is 1340. The number of likely N-dealkylation sites (N-methyl/N-ethyl adjacent to an activating group) is 1. The van der Waals surface area contributed by atoms with Gasteiger partial charge in [0.15, 0.2) is 0 Å². The molecule has 3 rings (SSSR count). The topological polar surface area (TPSA) is 86.8 Å². The SMILES string of the molecule is CNC(=O)[C@@H](C)N(Cc1cccc(C)c1)C(=O)CN(c1cccc(Cl)c1)S(=O)(=O)c1ccc(C)cc1. The number of hydrogen-bond donors (Lipinski definition) is 1. The van der Waals surface area contributed by atoms with Crippen molar-refractivity contribution < 1.29 is 18.0 Å². The number of hydrogen-bond acceptors (Lipinski definition) is 4. The Hall–Kier alpha value is -3.36. The lowest BCUT2D eigenvalue weighted by Gasteiger charge is -2.32. The number of anilines is 1. The highest BCUT2D eigenvalue weighted by molar-refractivity contribution is 7.92. The number of rotatable bonds is 9. The summed E-state index contributed by atoms with van der Waals surface area (Å²) in [6.07, 6.45) is 0. The van der Waals surface area contributed by atoms with Crippen LogP contribution in [0.25, 0.3) is 0 Å². The Morgan fingerprint density at radius 2 is 1.61 bits per heavy atom. The van der Waals surface area contributed by atoms with E-state index < -0.39 is 28.5 Å². The summed E-state index contributed by atoms with van der Waals surface area (Å²) in [5, 5.41) is 2.90. The van der Waals surface area contributed by atoms with Crippen molar-refractivity contribution in [1.82, 2.24) is 10.2 Å². The van der Waals surface area contributed by atoms with Gasteiger partial charge in [0.1, 0.15) is 12.6 Å². The van der Waals surface area contributed by atoms with Crippen LogP contribution in [0.1, 0.15) is 23.6 Å². The van der Waals surface area contributed by atoms with Gasteiger partial charge >= 0.3 is 0 Å². The van der Waals surface area contributed by atoms with E-state index in [1.807, 2.05) is 38.1 Å². The number of amides is 2. The van der Waals surface area contributed by atoms with E-state index in [4.69, 9.17) is 11.6 Å². The van der Waals surface area contributed by atoms with E-state index in [1.165, 1.54) is 30.1 Å². The molecule has 1 atom stereocenters. The summed E-state index contributed by atoms with van der Waals surface area (Å²) in [7, 11) is -2.63. The van der Waals surface area contributed by atoms with Gasteiger partial charge in [-0.05, 0) is 56.7 Å². The molecule has 0 heterocycles. The van der Waals surface area contributed by atoms with Gasteiger partial charge in [-0.2, -0.15) is 0 Å². The minimum Gasteiger partial charge on any atom is -0.357 e. The van der Waals surface area contributed by atoms with Crippen LogP contribution in [0, 0.1) is 13.8 Å². The first kappa shape index (κ1) is 27.2. The minimum absolute atomic E-state index is 0.0467. The largest absolute Gasteiger partial charge is 0.357 e. The van der Waals surface area contributed by atoms with E-state index in [0.29, 0.717) is 5.02 Å². The van der Waals surface area contributed by atoms with Crippen LogP contribution in [0.15, 0.2) is 77.7 Å². The highest BCUT2D eigenvalue weighted by Gasteiger charge is 2.32. The molecule has 0 saturated heterocycles. The fourth-order valence-electron chi connectivity index (χ4n) is 3.80. The molecule has 0 aliphatic carbocycles. The molecule has 190 valence electrons. The molecule has 0 unspecified atom stereocenters. The van der Waals surface area contributed by atoms with Gasteiger partial charge in [-0.1, -0.05) is 65.2 Å². The van der Waals surface area contributed by atoms with E-state index in [-0.39, 0.29) is 23.0 Å². The molecule has 0 bridgehead atoms. The second-order valence-electron chi connectivity index (χ2n) is 8.61. The summed E-state index contributed by atoms with van der Waals surface area (Å²) >= 11 is 6.17. The second-order valence-corrected chi connectivity index (χ2v) is 10.9. The molecule has 0 saturated carbocycles. The van der Waals surface area contributed by atoms with Crippen LogP contribution >= 0.6 is 11.6 Å². The van der Waals surface area contributed by atoms with Crippen LogP contribution in [0.5, 0.6) is 0 Å². The lowest BCUT2D eigenvalue weighted by Crippen LogP contribution is -2.50. The van der Waals surface area contributed by atoms with E-state index in [9.17, 15) is 18.0 Å². The molecular weight excluding hydrogens is 498 g/mol. The van der Waals surface area contributed by atoms with Gasteiger partial charge in [-0.25, -0.2) is 8.42 Å². The summed E-state index contributed by atoms with van der Waals surface area (Å²) in [6.45, 7) is 5.04. The smallest absolute Gasteiger partial charge is 0.264 e. The Labute approximate surface area is 217 Å². The van der Waals surface area contributed by atoms with Crippen molar-refractivity contribution in [3.8, 4) is 0 Å². The maximum Gasteiger partial charge on any atom is 0.264 e. The number of aryl methyl sites for hydroxylation is 2. The molecule has 3 aromatic rings. The highest BCUT2D eigenvalue weighted by Crippen LogP contribution is 2.27. The molecule has 1 N–H and O–H groups in total. The van der Waals surface area contributed by atoms with Crippen LogP contribution in [0.4, 0.5) is 5.69 Å². The van der Waals surface area contributed by atoms with Crippen molar-refractivity contribution in [3.63, 3.8) is 0 Å². The first-order valence-electron chi connectivity index (χ1n) is 11.4. The van der Waals surface area contributed by atoms with Gasteiger partial charge in [-0.15, -0.1) is 0 Å². The number of carbonyl (C=O) groups excluding carboxylic acids is 2. The summed E-state index contributed by atoms with van der Waals surface area (Å²) in [6, 6.07) is 19.5. The minimum atomic E-state index is -4.12. The number of carbonyl (C=O) groups is 2. The Morgan fingerprint density at radius 1 is 0.944 bits per heavy atom. The summed E-state index contributed by atoms with van der Waals surface area (Å²) in [4.78, 5) is 27.6. The molecule has 0 spiro atoms. The highest BCUT2D eigenvalue weighted by atomic mass is 35.5. The van der Waals surface area contributed by atoms with Crippen molar-refractivity contribution in [2.45, 2.75) is 38.3 Å². The molecule has 0 fully saturated rings. The maximum atomic E-state index is 13.7. The first-order chi connectivity index (χ1) is 17.0. The molecule has 0 aliphatic heterocycles. The van der Waals surface area contributed by atoms with Crippen molar-refractivity contribution in [2.24, 2.45) is 0 Å². The van der Waals surface area contributed by atoms with Gasteiger partial charge in [0, 0.05) is 18.6 Å². The summed E-state index contributed by atoms with van der Waals surface area (Å²) in [5.41, 5.74) is 2.99. The van der Waals surface area contributed by atoms with Gasteiger partial charge in [0.2, 0.25) is 11.8 Å². The standard InChI is InChI=1S/C27H30ClN3O4S/c1-19-11-13-25(14-12-19)36(34,35)31(24-10-6-9-23(28)16-24)18-26(32)30(21(3)27(33)29-4)17-22-8-5-7-20(2)15-22/h5-16,21H,17-18H2,1-4H3,(H,29,33)/t21-/m1/s1. The quantitative estimate of drug-likeness (QED) is 0.449. The van der Waals surface area contributed by atoms with E-state index >= 15 is 0 Å². The fraction of sp³-hybridized carbons (Fsp3) is 0.259. The molecule has 7 nitrogen and oxygen atoms in total. The Kier molecular flexibility index (Phi) is 8.76. The molecule has 3 aromatic carbocycles. The van der Waals surface area contributed by atoms with E-state index in [2.05, 4.69) is 5.32 Å². The van der Waals surface area contributed by atoms with Crippen molar-refractivity contribution >= 4 is 39.1 Å². The Morgan fingerprint density at radius 3 is 2.22 bits per heavy atom. The number of nitrogens with one attached hydrogen (secondary N) is 1. The Balaban J connectivity index is 2.03.